The zero-order chi connectivity index (χ0) is 16.4. The van der Waals surface area contributed by atoms with Gasteiger partial charge in [0.05, 0.1) is 6.20 Å². The molecule has 1 aliphatic heterocycles. The third-order valence-electron chi connectivity index (χ3n) is 3.89. The van der Waals surface area contributed by atoms with Crippen molar-refractivity contribution in [1.29, 1.82) is 0 Å². The molecule has 1 atom stereocenters. The molecule has 1 aromatic heterocycles. The van der Waals surface area contributed by atoms with E-state index in [9.17, 15) is 5.11 Å². The SMILES string of the molecule is Cn1cc(C(C)(O)CNCC2=Cc3cc(Cl)ccc3OC2)cn1. The maximum Gasteiger partial charge on any atom is 0.127 e. The summed E-state index contributed by atoms with van der Waals surface area (Å²) in [5, 5.41) is 18.6. The largest absolute Gasteiger partial charge is 0.489 e. The number of benzene rings is 1. The van der Waals surface area contributed by atoms with Crippen LogP contribution in [0.5, 0.6) is 5.75 Å². The fraction of sp³-hybridized carbons (Fsp3) is 0.353. The summed E-state index contributed by atoms with van der Waals surface area (Å²) in [6.07, 6.45) is 5.59. The van der Waals surface area contributed by atoms with Gasteiger partial charge in [0.1, 0.15) is 18.0 Å². The Morgan fingerprint density at radius 1 is 1.48 bits per heavy atom. The molecule has 1 aliphatic rings. The van der Waals surface area contributed by atoms with Crippen LogP contribution in [0.15, 0.2) is 36.2 Å². The Bertz CT molecular complexity index is 737. The molecule has 0 fully saturated rings. The summed E-state index contributed by atoms with van der Waals surface area (Å²) in [4.78, 5) is 0. The predicted molar refractivity (Wildman–Crippen MR) is 90.6 cm³/mol. The van der Waals surface area contributed by atoms with Crippen LogP contribution < -0.4 is 10.1 Å². The first-order chi connectivity index (χ1) is 10.9. The monoisotopic (exact) mass is 333 g/mol. The Kier molecular flexibility index (Phi) is 4.43. The van der Waals surface area contributed by atoms with Crippen molar-refractivity contribution < 1.29 is 9.84 Å². The van der Waals surface area contributed by atoms with E-state index in [1.54, 1.807) is 17.8 Å². The van der Waals surface area contributed by atoms with Crippen molar-refractivity contribution in [3.05, 3.63) is 52.3 Å². The number of aryl methyl sites for hydroxylation is 1. The molecule has 0 spiro atoms. The third-order valence-corrected chi connectivity index (χ3v) is 4.13. The molecule has 1 unspecified atom stereocenters. The summed E-state index contributed by atoms with van der Waals surface area (Å²) in [6, 6.07) is 5.59. The lowest BCUT2D eigenvalue weighted by molar-refractivity contribution is 0.0577. The molecule has 0 bridgehead atoms. The molecule has 0 saturated heterocycles. The van der Waals surface area contributed by atoms with Crippen molar-refractivity contribution in [2.24, 2.45) is 7.05 Å². The normalized spacial score (nSPS) is 16.3. The minimum absolute atomic E-state index is 0.429. The Morgan fingerprint density at radius 2 is 2.30 bits per heavy atom. The van der Waals surface area contributed by atoms with Gasteiger partial charge in [-0.25, -0.2) is 0 Å². The molecule has 23 heavy (non-hydrogen) atoms. The lowest BCUT2D eigenvalue weighted by Crippen LogP contribution is -2.36. The van der Waals surface area contributed by atoms with Gasteiger partial charge in [-0.05, 0) is 36.8 Å². The zero-order valence-electron chi connectivity index (χ0n) is 13.2. The number of fused-ring (bicyclic) bond motifs is 1. The maximum absolute atomic E-state index is 10.5. The summed E-state index contributed by atoms with van der Waals surface area (Å²) >= 11 is 6.02. The first-order valence-electron chi connectivity index (χ1n) is 7.48. The highest BCUT2D eigenvalue weighted by Crippen LogP contribution is 2.28. The summed E-state index contributed by atoms with van der Waals surface area (Å²) in [5.74, 6) is 0.848. The molecule has 0 amide bonds. The van der Waals surface area contributed by atoms with Crippen molar-refractivity contribution in [3.8, 4) is 5.75 Å². The maximum atomic E-state index is 10.5. The van der Waals surface area contributed by atoms with Gasteiger partial charge < -0.3 is 15.2 Å². The highest BCUT2D eigenvalue weighted by atomic mass is 35.5. The van der Waals surface area contributed by atoms with E-state index >= 15 is 0 Å². The number of nitrogens with one attached hydrogen (secondary N) is 1. The first kappa shape index (κ1) is 16.1. The van der Waals surface area contributed by atoms with Crippen LogP contribution in [0.3, 0.4) is 0 Å². The van der Waals surface area contributed by atoms with Gasteiger partial charge in [-0.3, -0.25) is 4.68 Å². The van der Waals surface area contributed by atoms with Gasteiger partial charge in [0.25, 0.3) is 0 Å². The summed E-state index contributed by atoms with van der Waals surface area (Å²) in [7, 11) is 1.83. The molecule has 2 N–H and O–H groups in total. The van der Waals surface area contributed by atoms with Crippen molar-refractivity contribution in [2.75, 3.05) is 19.7 Å². The molecule has 0 saturated carbocycles. The average Bonchev–Trinajstić information content (AvgIpc) is 2.94. The van der Waals surface area contributed by atoms with E-state index in [0.717, 1.165) is 22.4 Å². The van der Waals surface area contributed by atoms with Crippen LogP contribution >= 0.6 is 11.6 Å². The van der Waals surface area contributed by atoms with Crippen LogP contribution in [-0.4, -0.2) is 34.6 Å². The van der Waals surface area contributed by atoms with E-state index in [0.29, 0.717) is 24.7 Å². The van der Waals surface area contributed by atoms with Gasteiger partial charge in [-0.1, -0.05) is 11.6 Å². The van der Waals surface area contributed by atoms with Gasteiger partial charge in [0, 0.05) is 42.5 Å². The lowest BCUT2D eigenvalue weighted by atomic mass is 9.99. The van der Waals surface area contributed by atoms with E-state index < -0.39 is 5.60 Å². The molecular formula is C17H20ClN3O2. The summed E-state index contributed by atoms with van der Waals surface area (Å²) in [6.45, 7) is 3.38. The number of nitrogens with zero attached hydrogens (tertiary/aromatic N) is 2. The Morgan fingerprint density at radius 3 is 3.04 bits per heavy atom. The van der Waals surface area contributed by atoms with Crippen molar-refractivity contribution in [3.63, 3.8) is 0 Å². The van der Waals surface area contributed by atoms with Gasteiger partial charge in [0.2, 0.25) is 0 Å². The van der Waals surface area contributed by atoms with Gasteiger partial charge in [-0.2, -0.15) is 5.10 Å². The van der Waals surface area contributed by atoms with Crippen molar-refractivity contribution in [1.82, 2.24) is 15.1 Å². The molecule has 5 nitrogen and oxygen atoms in total. The molecule has 122 valence electrons. The highest BCUT2D eigenvalue weighted by Gasteiger charge is 2.24. The van der Waals surface area contributed by atoms with Gasteiger partial charge in [0.15, 0.2) is 0 Å². The lowest BCUT2D eigenvalue weighted by Gasteiger charge is -2.24. The van der Waals surface area contributed by atoms with Crippen molar-refractivity contribution >= 4 is 17.7 Å². The minimum atomic E-state index is -0.967. The van der Waals surface area contributed by atoms with E-state index in [4.69, 9.17) is 16.3 Å². The smallest absolute Gasteiger partial charge is 0.127 e. The zero-order valence-corrected chi connectivity index (χ0v) is 14.0. The van der Waals surface area contributed by atoms with Crippen LogP contribution in [0.1, 0.15) is 18.1 Å². The first-order valence-corrected chi connectivity index (χ1v) is 7.86. The van der Waals surface area contributed by atoms with E-state index in [2.05, 4.69) is 16.5 Å². The fourth-order valence-corrected chi connectivity index (χ4v) is 2.75. The number of hydrogen-bond donors (Lipinski definition) is 2. The average molecular weight is 334 g/mol. The molecule has 0 radical (unpaired) electrons. The van der Waals surface area contributed by atoms with E-state index in [1.807, 2.05) is 31.4 Å². The van der Waals surface area contributed by atoms with Crippen LogP contribution in [0.4, 0.5) is 0 Å². The fourth-order valence-electron chi connectivity index (χ4n) is 2.57. The molecular weight excluding hydrogens is 314 g/mol. The second-order valence-electron chi connectivity index (χ2n) is 6.05. The van der Waals surface area contributed by atoms with Crippen LogP contribution in [0, 0.1) is 0 Å². The number of rotatable bonds is 5. The highest BCUT2D eigenvalue weighted by molar-refractivity contribution is 6.30. The molecule has 0 aliphatic carbocycles. The Labute approximate surface area is 140 Å². The summed E-state index contributed by atoms with van der Waals surface area (Å²) in [5.41, 5.74) is 1.92. The van der Waals surface area contributed by atoms with Crippen LogP contribution in [0.2, 0.25) is 5.02 Å². The van der Waals surface area contributed by atoms with Gasteiger partial charge in [-0.15, -0.1) is 0 Å². The number of hydrogen-bond acceptors (Lipinski definition) is 4. The summed E-state index contributed by atoms with van der Waals surface area (Å²) < 4.78 is 7.40. The van der Waals surface area contributed by atoms with E-state index in [-0.39, 0.29) is 0 Å². The second kappa shape index (κ2) is 6.35. The van der Waals surface area contributed by atoms with Gasteiger partial charge >= 0.3 is 0 Å². The molecule has 6 heteroatoms. The number of ether oxygens (including phenoxy) is 1. The number of aliphatic hydroxyl groups is 1. The van der Waals surface area contributed by atoms with Crippen molar-refractivity contribution in [2.45, 2.75) is 12.5 Å². The Balaban J connectivity index is 1.61. The molecule has 2 heterocycles. The van der Waals surface area contributed by atoms with Crippen LogP contribution in [-0.2, 0) is 12.6 Å². The molecule has 1 aromatic carbocycles. The Hall–Kier alpha value is -1.82. The predicted octanol–water partition coefficient (Wildman–Crippen LogP) is 2.35. The standard InChI is InChI=1S/C17H20ClN3O2/c1-17(22,14-8-20-21(2)9-14)11-19-7-12-5-13-6-15(18)3-4-16(13)23-10-12/h3-6,8-9,19,22H,7,10-11H2,1-2H3. The van der Waals surface area contributed by atoms with Crippen LogP contribution in [0.25, 0.3) is 6.08 Å². The minimum Gasteiger partial charge on any atom is -0.489 e. The number of aromatic nitrogens is 2. The number of halogens is 1. The molecule has 2 aromatic rings. The quantitative estimate of drug-likeness (QED) is 0.882. The van der Waals surface area contributed by atoms with E-state index in [1.165, 1.54) is 0 Å². The second-order valence-corrected chi connectivity index (χ2v) is 6.49. The molecule has 3 rings (SSSR count). The third kappa shape index (κ3) is 3.75. The topological polar surface area (TPSA) is 59.3 Å².